The minimum Gasteiger partial charge on any atom is -0.454 e. The molecule has 1 aromatic carbocycles. The van der Waals surface area contributed by atoms with Gasteiger partial charge >= 0.3 is 0 Å². The molecule has 25 heavy (non-hydrogen) atoms. The molecule has 6 nitrogen and oxygen atoms in total. The van der Waals surface area contributed by atoms with E-state index in [-0.39, 0.29) is 5.91 Å². The Hall–Kier alpha value is -2.31. The lowest BCUT2D eigenvalue weighted by atomic mass is 10.1. The molecule has 0 unspecified atom stereocenters. The van der Waals surface area contributed by atoms with E-state index in [9.17, 15) is 4.79 Å². The fraction of sp³-hybridized carbons (Fsp3) is 0.333. The maximum atomic E-state index is 12.5. The molecule has 0 spiro atoms. The van der Waals surface area contributed by atoms with Gasteiger partial charge in [0, 0.05) is 44.5 Å². The van der Waals surface area contributed by atoms with Crippen LogP contribution in [0.2, 0.25) is 5.15 Å². The monoisotopic (exact) mass is 359 g/mol. The van der Waals surface area contributed by atoms with Gasteiger partial charge in [-0.2, -0.15) is 0 Å². The topological polar surface area (TPSA) is 54.9 Å². The smallest absolute Gasteiger partial charge is 0.254 e. The molecule has 1 fully saturated rings. The molecule has 7 heteroatoms. The SMILES string of the molecule is O=C(c1ccnc(Cl)c1)N1CCN(Cc2ccc3c(c2)OCO3)CC1. The van der Waals surface area contributed by atoms with E-state index in [4.69, 9.17) is 21.1 Å². The quantitative estimate of drug-likeness (QED) is 0.788. The summed E-state index contributed by atoms with van der Waals surface area (Å²) in [6, 6.07) is 9.35. The Labute approximate surface area is 150 Å². The first kappa shape index (κ1) is 16.2. The van der Waals surface area contributed by atoms with Gasteiger partial charge in [-0.25, -0.2) is 4.98 Å². The van der Waals surface area contributed by atoms with Gasteiger partial charge in [-0.05, 0) is 29.8 Å². The summed E-state index contributed by atoms with van der Waals surface area (Å²) in [6.45, 7) is 4.18. The van der Waals surface area contributed by atoms with Crippen LogP contribution in [-0.4, -0.2) is 53.7 Å². The van der Waals surface area contributed by atoms with Crippen LogP contribution in [0.1, 0.15) is 15.9 Å². The number of pyridine rings is 1. The standard InChI is InChI=1S/C18H18ClN3O3/c19-17-10-14(3-4-20-17)18(23)22-7-5-21(6-8-22)11-13-1-2-15-16(9-13)25-12-24-15/h1-4,9-10H,5-8,11-12H2. The number of fused-ring (bicyclic) bond motifs is 1. The molecule has 0 radical (unpaired) electrons. The summed E-state index contributed by atoms with van der Waals surface area (Å²) in [5, 5.41) is 0.340. The first-order valence-corrected chi connectivity index (χ1v) is 8.58. The third-order valence-electron chi connectivity index (χ3n) is 4.48. The number of benzene rings is 1. The molecule has 1 aromatic heterocycles. The molecule has 0 saturated carbocycles. The molecule has 2 aliphatic rings. The maximum Gasteiger partial charge on any atom is 0.254 e. The molecule has 2 aromatic rings. The zero-order chi connectivity index (χ0) is 17.2. The zero-order valence-electron chi connectivity index (χ0n) is 13.7. The van der Waals surface area contributed by atoms with Crippen molar-refractivity contribution in [2.75, 3.05) is 33.0 Å². The molecule has 1 saturated heterocycles. The molecule has 4 rings (SSSR count). The van der Waals surface area contributed by atoms with Gasteiger partial charge in [-0.1, -0.05) is 17.7 Å². The highest BCUT2D eigenvalue weighted by Crippen LogP contribution is 2.32. The van der Waals surface area contributed by atoms with Crippen molar-refractivity contribution in [3.8, 4) is 11.5 Å². The molecular weight excluding hydrogens is 342 g/mol. The van der Waals surface area contributed by atoms with Gasteiger partial charge in [0.05, 0.1) is 0 Å². The summed E-state index contributed by atoms with van der Waals surface area (Å²) in [7, 11) is 0. The molecule has 3 heterocycles. The van der Waals surface area contributed by atoms with E-state index >= 15 is 0 Å². The van der Waals surface area contributed by atoms with Crippen LogP contribution in [-0.2, 0) is 6.54 Å². The van der Waals surface area contributed by atoms with Crippen LogP contribution in [0, 0.1) is 0 Å². The Kier molecular flexibility index (Phi) is 4.46. The van der Waals surface area contributed by atoms with Gasteiger partial charge in [-0.3, -0.25) is 9.69 Å². The number of aromatic nitrogens is 1. The van der Waals surface area contributed by atoms with Crippen LogP contribution in [0.15, 0.2) is 36.5 Å². The van der Waals surface area contributed by atoms with Gasteiger partial charge in [0.2, 0.25) is 6.79 Å². The normalized spacial score (nSPS) is 16.9. The van der Waals surface area contributed by atoms with Crippen molar-refractivity contribution >= 4 is 17.5 Å². The van der Waals surface area contributed by atoms with Crippen LogP contribution in [0.4, 0.5) is 0 Å². The van der Waals surface area contributed by atoms with Gasteiger partial charge in [-0.15, -0.1) is 0 Å². The van der Waals surface area contributed by atoms with Crippen LogP contribution in [0.3, 0.4) is 0 Å². The number of carbonyl (C=O) groups excluding carboxylic acids is 1. The van der Waals surface area contributed by atoms with Crippen molar-refractivity contribution in [1.82, 2.24) is 14.8 Å². The Morgan fingerprint density at radius 3 is 2.68 bits per heavy atom. The lowest BCUT2D eigenvalue weighted by Crippen LogP contribution is -2.48. The fourth-order valence-corrected chi connectivity index (χ4v) is 3.30. The summed E-state index contributed by atoms with van der Waals surface area (Å²) >= 11 is 5.87. The Balaban J connectivity index is 1.34. The highest BCUT2D eigenvalue weighted by Gasteiger charge is 2.23. The summed E-state index contributed by atoms with van der Waals surface area (Å²) in [5.74, 6) is 1.61. The Morgan fingerprint density at radius 2 is 1.88 bits per heavy atom. The Bertz CT molecular complexity index is 791. The van der Waals surface area contributed by atoms with Gasteiger partial charge in [0.25, 0.3) is 5.91 Å². The largest absolute Gasteiger partial charge is 0.454 e. The molecule has 0 aliphatic carbocycles. The fourth-order valence-electron chi connectivity index (χ4n) is 3.12. The molecule has 1 amide bonds. The average molecular weight is 360 g/mol. The van der Waals surface area contributed by atoms with E-state index < -0.39 is 0 Å². The summed E-state index contributed by atoms with van der Waals surface area (Å²) in [5.41, 5.74) is 1.77. The first-order chi connectivity index (χ1) is 12.2. The number of amides is 1. The highest BCUT2D eigenvalue weighted by molar-refractivity contribution is 6.29. The molecule has 0 N–H and O–H groups in total. The van der Waals surface area contributed by atoms with Crippen molar-refractivity contribution in [3.63, 3.8) is 0 Å². The lowest BCUT2D eigenvalue weighted by molar-refractivity contribution is 0.0628. The Morgan fingerprint density at radius 1 is 1.08 bits per heavy atom. The molecule has 0 bridgehead atoms. The molecule has 0 atom stereocenters. The third kappa shape index (κ3) is 3.55. The minimum atomic E-state index is 0.00651. The second-order valence-corrected chi connectivity index (χ2v) is 6.51. The summed E-state index contributed by atoms with van der Waals surface area (Å²) in [6.07, 6.45) is 1.56. The van der Waals surface area contributed by atoms with Crippen LogP contribution >= 0.6 is 11.6 Å². The number of ether oxygens (including phenoxy) is 2. The number of hydrogen-bond donors (Lipinski definition) is 0. The number of carbonyl (C=O) groups is 1. The summed E-state index contributed by atoms with van der Waals surface area (Å²) in [4.78, 5) is 20.7. The van der Waals surface area contributed by atoms with Crippen LogP contribution < -0.4 is 9.47 Å². The predicted molar refractivity (Wildman–Crippen MR) is 93.0 cm³/mol. The zero-order valence-corrected chi connectivity index (χ0v) is 14.4. The predicted octanol–water partition coefficient (Wildman–Crippen LogP) is 2.42. The summed E-state index contributed by atoms with van der Waals surface area (Å²) < 4.78 is 10.8. The van der Waals surface area contributed by atoms with Crippen molar-refractivity contribution < 1.29 is 14.3 Å². The van der Waals surface area contributed by atoms with Crippen LogP contribution in [0.25, 0.3) is 0 Å². The third-order valence-corrected chi connectivity index (χ3v) is 4.68. The maximum absolute atomic E-state index is 12.5. The highest BCUT2D eigenvalue weighted by atomic mass is 35.5. The molecule has 130 valence electrons. The van der Waals surface area contributed by atoms with Gasteiger partial charge < -0.3 is 14.4 Å². The van der Waals surface area contributed by atoms with E-state index in [0.717, 1.165) is 31.1 Å². The average Bonchev–Trinajstić information content (AvgIpc) is 3.09. The van der Waals surface area contributed by atoms with Crippen molar-refractivity contribution in [1.29, 1.82) is 0 Å². The number of piperazine rings is 1. The van der Waals surface area contributed by atoms with E-state index in [2.05, 4.69) is 16.0 Å². The molecule has 2 aliphatic heterocycles. The second-order valence-electron chi connectivity index (χ2n) is 6.12. The number of nitrogens with zero attached hydrogens (tertiary/aromatic N) is 3. The lowest BCUT2D eigenvalue weighted by Gasteiger charge is -2.34. The second kappa shape index (κ2) is 6.90. The first-order valence-electron chi connectivity index (χ1n) is 8.21. The molecular formula is C18H18ClN3O3. The van der Waals surface area contributed by atoms with Gasteiger partial charge in [0.1, 0.15) is 5.15 Å². The van der Waals surface area contributed by atoms with Gasteiger partial charge in [0.15, 0.2) is 11.5 Å². The van der Waals surface area contributed by atoms with E-state index in [0.29, 0.717) is 30.6 Å². The minimum absolute atomic E-state index is 0.00651. The number of rotatable bonds is 3. The van der Waals surface area contributed by atoms with Crippen molar-refractivity contribution in [2.45, 2.75) is 6.54 Å². The number of hydrogen-bond acceptors (Lipinski definition) is 5. The number of halogens is 1. The van der Waals surface area contributed by atoms with E-state index in [1.165, 1.54) is 5.56 Å². The van der Waals surface area contributed by atoms with E-state index in [1.54, 1.807) is 18.3 Å². The van der Waals surface area contributed by atoms with Crippen molar-refractivity contribution in [2.24, 2.45) is 0 Å². The van der Waals surface area contributed by atoms with Crippen molar-refractivity contribution in [3.05, 3.63) is 52.8 Å². The van der Waals surface area contributed by atoms with E-state index in [1.807, 2.05) is 17.0 Å². The van der Waals surface area contributed by atoms with Crippen LogP contribution in [0.5, 0.6) is 11.5 Å².